The van der Waals surface area contributed by atoms with Gasteiger partial charge in [0.05, 0.1) is 5.69 Å². The Hall–Kier alpha value is -2.49. The third-order valence-electron chi connectivity index (χ3n) is 6.76. The molecule has 148 valence electrons. The van der Waals surface area contributed by atoms with Crippen LogP contribution in [0.1, 0.15) is 43.0 Å². The van der Waals surface area contributed by atoms with Gasteiger partial charge in [-0.05, 0) is 48.6 Å². The van der Waals surface area contributed by atoms with E-state index in [1.54, 1.807) is 0 Å². The Morgan fingerprint density at radius 3 is 2.41 bits per heavy atom. The Balaban J connectivity index is 1.60. The average Bonchev–Trinajstić information content (AvgIpc) is 2.77. The van der Waals surface area contributed by atoms with Crippen LogP contribution >= 0.6 is 0 Å². The second kappa shape index (κ2) is 7.40. The molecule has 0 radical (unpaired) electrons. The van der Waals surface area contributed by atoms with Crippen molar-refractivity contribution in [3.05, 3.63) is 77.5 Å². The number of fused-ring (bicyclic) bond motifs is 1. The second-order valence-electron chi connectivity index (χ2n) is 8.56. The Kier molecular flexibility index (Phi) is 4.73. The normalized spacial score (nSPS) is 18.1. The van der Waals surface area contributed by atoms with E-state index in [-0.39, 0.29) is 5.54 Å². The third-order valence-corrected chi connectivity index (χ3v) is 6.76. The van der Waals surface area contributed by atoms with Crippen LogP contribution in [0.5, 0.6) is 0 Å². The van der Waals surface area contributed by atoms with E-state index < -0.39 is 0 Å². The quantitative estimate of drug-likeness (QED) is 0.679. The molecule has 29 heavy (non-hydrogen) atoms. The molecule has 3 heteroatoms. The molecule has 2 aromatic carbocycles. The van der Waals surface area contributed by atoms with Gasteiger partial charge >= 0.3 is 0 Å². The fraction of sp³-hybridized carbons (Fsp3) is 0.346. The van der Waals surface area contributed by atoms with Gasteiger partial charge in [0.25, 0.3) is 0 Å². The Labute approximate surface area is 173 Å². The SMILES string of the molecule is CCN1CCc2nc(-c3ccc(C4(N)CCC4)cc3)c(-c3ccccc3)cc2C1. The van der Waals surface area contributed by atoms with E-state index >= 15 is 0 Å². The van der Waals surface area contributed by atoms with Crippen molar-refractivity contribution in [1.29, 1.82) is 0 Å². The zero-order chi connectivity index (χ0) is 19.8. The van der Waals surface area contributed by atoms with E-state index in [1.165, 1.54) is 39.9 Å². The highest BCUT2D eigenvalue weighted by molar-refractivity contribution is 5.81. The predicted octanol–water partition coefficient (Wildman–Crippen LogP) is 5.13. The fourth-order valence-electron chi connectivity index (χ4n) is 4.66. The van der Waals surface area contributed by atoms with E-state index in [4.69, 9.17) is 10.7 Å². The van der Waals surface area contributed by atoms with Gasteiger partial charge in [-0.3, -0.25) is 9.88 Å². The summed E-state index contributed by atoms with van der Waals surface area (Å²) >= 11 is 0. The first-order valence-corrected chi connectivity index (χ1v) is 10.9. The van der Waals surface area contributed by atoms with E-state index in [0.29, 0.717) is 0 Å². The van der Waals surface area contributed by atoms with Crippen LogP contribution in [0, 0.1) is 0 Å². The van der Waals surface area contributed by atoms with Crippen LogP contribution in [0.4, 0.5) is 0 Å². The van der Waals surface area contributed by atoms with Crippen molar-refractivity contribution >= 4 is 0 Å². The first-order valence-electron chi connectivity index (χ1n) is 10.9. The molecule has 1 fully saturated rings. The van der Waals surface area contributed by atoms with Gasteiger partial charge in [0, 0.05) is 41.9 Å². The lowest BCUT2D eigenvalue weighted by Gasteiger charge is -2.38. The van der Waals surface area contributed by atoms with Crippen LogP contribution in [0.25, 0.3) is 22.4 Å². The van der Waals surface area contributed by atoms with E-state index in [0.717, 1.165) is 44.6 Å². The van der Waals surface area contributed by atoms with Crippen LogP contribution in [0.15, 0.2) is 60.7 Å². The number of likely N-dealkylation sites (N-methyl/N-ethyl adjacent to an activating group) is 1. The summed E-state index contributed by atoms with van der Waals surface area (Å²) in [4.78, 5) is 7.69. The van der Waals surface area contributed by atoms with Crippen LogP contribution in [-0.4, -0.2) is 23.0 Å². The average molecular weight is 384 g/mol. The van der Waals surface area contributed by atoms with Gasteiger partial charge < -0.3 is 5.73 Å². The number of rotatable bonds is 4. The topological polar surface area (TPSA) is 42.2 Å². The van der Waals surface area contributed by atoms with Gasteiger partial charge in [-0.15, -0.1) is 0 Å². The summed E-state index contributed by atoms with van der Waals surface area (Å²) in [6.07, 6.45) is 4.44. The van der Waals surface area contributed by atoms with Crippen LogP contribution in [0.2, 0.25) is 0 Å². The lowest BCUT2D eigenvalue weighted by molar-refractivity contribution is 0.253. The number of hydrogen-bond donors (Lipinski definition) is 1. The lowest BCUT2D eigenvalue weighted by Crippen LogP contribution is -2.43. The maximum absolute atomic E-state index is 6.53. The zero-order valence-corrected chi connectivity index (χ0v) is 17.2. The van der Waals surface area contributed by atoms with Crippen molar-refractivity contribution in [2.75, 3.05) is 13.1 Å². The van der Waals surface area contributed by atoms with Gasteiger partial charge in [-0.1, -0.05) is 61.5 Å². The minimum atomic E-state index is -0.117. The van der Waals surface area contributed by atoms with Gasteiger partial charge in [-0.25, -0.2) is 0 Å². The number of hydrogen-bond acceptors (Lipinski definition) is 3. The van der Waals surface area contributed by atoms with E-state index in [2.05, 4.69) is 72.5 Å². The molecule has 0 saturated heterocycles. The summed E-state index contributed by atoms with van der Waals surface area (Å²) in [5.41, 5.74) is 15.0. The standard InChI is InChI=1S/C26H29N3/c1-2-29-16-13-24-21(18-29)17-23(19-7-4-3-5-8-19)25(28-24)20-9-11-22(12-10-20)26(27)14-6-15-26/h3-5,7-12,17H,2,6,13-16,18,27H2,1H3. The maximum Gasteiger partial charge on any atom is 0.0783 e. The molecule has 2 aliphatic rings. The van der Waals surface area contributed by atoms with Gasteiger partial charge in [0.15, 0.2) is 0 Å². The van der Waals surface area contributed by atoms with Crippen molar-refractivity contribution in [2.24, 2.45) is 5.73 Å². The molecule has 0 unspecified atom stereocenters. The molecule has 3 nitrogen and oxygen atoms in total. The minimum absolute atomic E-state index is 0.117. The van der Waals surface area contributed by atoms with E-state index in [9.17, 15) is 0 Å². The van der Waals surface area contributed by atoms with Gasteiger partial charge in [0.1, 0.15) is 0 Å². The minimum Gasteiger partial charge on any atom is -0.321 e. The van der Waals surface area contributed by atoms with Gasteiger partial charge in [0.2, 0.25) is 0 Å². The van der Waals surface area contributed by atoms with Crippen LogP contribution in [-0.2, 0) is 18.5 Å². The van der Waals surface area contributed by atoms with Gasteiger partial charge in [-0.2, -0.15) is 0 Å². The fourth-order valence-corrected chi connectivity index (χ4v) is 4.66. The summed E-state index contributed by atoms with van der Waals surface area (Å²) in [5.74, 6) is 0. The monoisotopic (exact) mass is 383 g/mol. The molecule has 0 bridgehead atoms. The summed E-state index contributed by atoms with van der Waals surface area (Å²) in [6, 6.07) is 21.9. The number of nitrogens with zero attached hydrogens (tertiary/aromatic N) is 2. The summed E-state index contributed by atoms with van der Waals surface area (Å²) in [7, 11) is 0. The Morgan fingerprint density at radius 2 is 1.76 bits per heavy atom. The lowest BCUT2D eigenvalue weighted by atomic mass is 9.72. The Morgan fingerprint density at radius 1 is 1.00 bits per heavy atom. The molecule has 2 N–H and O–H groups in total. The summed E-state index contributed by atoms with van der Waals surface area (Å²) < 4.78 is 0. The molecule has 1 saturated carbocycles. The summed E-state index contributed by atoms with van der Waals surface area (Å²) in [5, 5.41) is 0. The predicted molar refractivity (Wildman–Crippen MR) is 119 cm³/mol. The van der Waals surface area contributed by atoms with Crippen molar-refractivity contribution in [3.8, 4) is 22.4 Å². The maximum atomic E-state index is 6.53. The van der Waals surface area contributed by atoms with Crippen molar-refractivity contribution in [1.82, 2.24) is 9.88 Å². The van der Waals surface area contributed by atoms with Crippen molar-refractivity contribution in [2.45, 2.75) is 44.7 Å². The largest absolute Gasteiger partial charge is 0.321 e. The third kappa shape index (κ3) is 3.39. The molecular weight excluding hydrogens is 354 g/mol. The first-order chi connectivity index (χ1) is 14.2. The number of nitrogens with two attached hydrogens (primary N) is 1. The molecule has 2 heterocycles. The highest BCUT2D eigenvalue weighted by Gasteiger charge is 2.34. The smallest absolute Gasteiger partial charge is 0.0783 e. The molecule has 0 atom stereocenters. The summed E-state index contributed by atoms with van der Waals surface area (Å²) in [6.45, 7) is 5.41. The Bertz CT molecular complexity index is 1000. The highest BCUT2D eigenvalue weighted by Crippen LogP contribution is 2.40. The molecule has 3 aromatic rings. The molecule has 0 spiro atoms. The highest BCUT2D eigenvalue weighted by atomic mass is 15.1. The van der Waals surface area contributed by atoms with Crippen molar-refractivity contribution < 1.29 is 0 Å². The van der Waals surface area contributed by atoms with Crippen LogP contribution < -0.4 is 5.73 Å². The number of aromatic nitrogens is 1. The zero-order valence-electron chi connectivity index (χ0n) is 17.2. The molecular formula is C26H29N3. The van der Waals surface area contributed by atoms with Crippen LogP contribution in [0.3, 0.4) is 0 Å². The molecule has 1 aliphatic heterocycles. The molecule has 1 aliphatic carbocycles. The van der Waals surface area contributed by atoms with Crippen molar-refractivity contribution in [3.63, 3.8) is 0 Å². The second-order valence-corrected chi connectivity index (χ2v) is 8.56. The number of pyridine rings is 1. The van der Waals surface area contributed by atoms with E-state index in [1.807, 2.05) is 0 Å². The molecule has 1 aromatic heterocycles. The molecule has 5 rings (SSSR count). The first kappa shape index (κ1) is 18.5. The number of benzene rings is 2. The molecule has 0 amide bonds.